The Kier molecular flexibility index (Phi) is 3.77. The van der Waals surface area contributed by atoms with Gasteiger partial charge in [-0.3, -0.25) is 9.36 Å². The fourth-order valence-electron chi connectivity index (χ4n) is 3.62. The van der Waals surface area contributed by atoms with Gasteiger partial charge in [0.05, 0.1) is 21.6 Å². The van der Waals surface area contributed by atoms with Gasteiger partial charge in [0, 0.05) is 19.1 Å². The summed E-state index contributed by atoms with van der Waals surface area (Å²) in [6.07, 6.45) is 2.45. The zero-order valence-corrected chi connectivity index (χ0v) is 14.3. The molecule has 1 unspecified atom stereocenters. The van der Waals surface area contributed by atoms with Gasteiger partial charge in [0.15, 0.2) is 0 Å². The molecule has 1 aliphatic carbocycles. The van der Waals surface area contributed by atoms with Crippen LogP contribution >= 0.6 is 11.6 Å². The summed E-state index contributed by atoms with van der Waals surface area (Å²) in [5, 5.41) is 0.115. The van der Waals surface area contributed by atoms with E-state index in [1.54, 1.807) is 0 Å². The maximum atomic E-state index is 14.8. The number of benzene rings is 1. The van der Waals surface area contributed by atoms with E-state index in [2.05, 4.69) is 0 Å². The Morgan fingerprint density at radius 1 is 1.28 bits per heavy atom. The third-order valence-corrected chi connectivity index (χ3v) is 5.48. The first-order valence-corrected chi connectivity index (χ1v) is 8.71. The van der Waals surface area contributed by atoms with Crippen molar-refractivity contribution in [3.63, 3.8) is 0 Å². The van der Waals surface area contributed by atoms with Crippen molar-refractivity contribution in [2.45, 2.75) is 25.3 Å². The highest BCUT2D eigenvalue weighted by molar-refractivity contribution is 6.38. The third kappa shape index (κ3) is 2.43. The molecule has 0 radical (unpaired) electrons. The zero-order chi connectivity index (χ0) is 17.9. The van der Waals surface area contributed by atoms with E-state index in [4.69, 9.17) is 23.2 Å². The van der Waals surface area contributed by atoms with Crippen LogP contribution < -0.4 is 27.7 Å². The van der Waals surface area contributed by atoms with E-state index >= 15 is 0 Å². The van der Waals surface area contributed by atoms with Gasteiger partial charge >= 0.3 is 5.69 Å². The topological polar surface area (TPSA) is 99.3 Å². The molecule has 4 N–H and O–H groups in total. The predicted molar refractivity (Wildman–Crippen MR) is 95.2 cm³/mol. The molecule has 0 bridgehead atoms. The van der Waals surface area contributed by atoms with Crippen LogP contribution in [0.25, 0.3) is 10.9 Å². The number of rotatable bonds is 3. The molecule has 2 aliphatic rings. The number of aromatic nitrogens is 2. The number of nitrogens with two attached hydrogens (primary N) is 2. The van der Waals surface area contributed by atoms with Gasteiger partial charge in [-0.15, -0.1) is 0 Å². The highest BCUT2D eigenvalue weighted by Gasteiger charge is 2.32. The SMILES string of the molecule is NCC1CCN(c2c(F)cc3c(=O)n(N)c(=O)n(C4CC4)c3c2Cl)C1. The maximum absolute atomic E-state index is 14.8. The molecule has 134 valence electrons. The fraction of sp³-hybridized carbons (Fsp3) is 0.500. The quantitative estimate of drug-likeness (QED) is 0.781. The maximum Gasteiger partial charge on any atom is 0.350 e. The van der Waals surface area contributed by atoms with Crippen molar-refractivity contribution >= 4 is 28.2 Å². The Morgan fingerprint density at radius 2 is 2.00 bits per heavy atom. The summed E-state index contributed by atoms with van der Waals surface area (Å²) in [5.74, 6) is 5.27. The van der Waals surface area contributed by atoms with Crippen molar-refractivity contribution in [1.82, 2.24) is 9.24 Å². The van der Waals surface area contributed by atoms with Crippen molar-refractivity contribution in [3.8, 4) is 0 Å². The van der Waals surface area contributed by atoms with Gasteiger partial charge in [-0.1, -0.05) is 11.6 Å². The largest absolute Gasteiger partial charge is 0.368 e. The Bertz CT molecular complexity index is 981. The second-order valence-electron chi connectivity index (χ2n) is 6.81. The van der Waals surface area contributed by atoms with Gasteiger partial charge in [-0.25, -0.2) is 9.18 Å². The molecule has 25 heavy (non-hydrogen) atoms. The minimum Gasteiger partial charge on any atom is -0.368 e. The van der Waals surface area contributed by atoms with Crippen LogP contribution in [-0.4, -0.2) is 28.9 Å². The standard InChI is InChI=1S/C16H19ClFN5O2/c17-12-13-10(15(24)23(20)16(25)22(13)9-1-2-9)5-11(18)14(12)21-4-3-8(6-19)7-21/h5,8-9H,1-4,6-7,19-20H2. The molecule has 0 amide bonds. The van der Waals surface area contributed by atoms with Crippen molar-refractivity contribution < 1.29 is 4.39 Å². The molecule has 1 aliphatic heterocycles. The van der Waals surface area contributed by atoms with E-state index in [9.17, 15) is 14.0 Å². The minimum atomic E-state index is -0.745. The molecule has 2 fully saturated rings. The van der Waals surface area contributed by atoms with Gasteiger partial charge in [0.1, 0.15) is 5.82 Å². The average molecular weight is 368 g/mol. The van der Waals surface area contributed by atoms with Gasteiger partial charge in [0.2, 0.25) is 0 Å². The molecule has 0 spiro atoms. The lowest BCUT2D eigenvalue weighted by atomic mass is 10.1. The number of hydrogen-bond donors (Lipinski definition) is 2. The van der Waals surface area contributed by atoms with Gasteiger partial charge in [-0.05, 0) is 37.8 Å². The molecule has 4 rings (SSSR count). The first kappa shape index (κ1) is 16.4. The molecular weight excluding hydrogens is 349 g/mol. The van der Waals surface area contributed by atoms with Gasteiger partial charge < -0.3 is 16.5 Å². The molecule has 1 aromatic carbocycles. The summed E-state index contributed by atoms with van der Waals surface area (Å²) in [5.41, 5.74) is 4.84. The summed E-state index contributed by atoms with van der Waals surface area (Å²) in [4.78, 5) is 26.7. The summed E-state index contributed by atoms with van der Waals surface area (Å²) in [6.45, 7) is 1.75. The van der Waals surface area contributed by atoms with Crippen LogP contribution in [0.2, 0.25) is 5.02 Å². The molecule has 7 nitrogen and oxygen atoms in total. The minimum absolute atomic E-state index is 0.0230. The Hall–Kier alpha value is -2.06. The summed E-state index contributed by atoms with van der Waals surface area (Å²) >= 11 is 6.53. The highest BCUT2D eigenvalue weighted by atomic mass is 35.5. The highest BCUT2D eigenvalue weighted by Crippen LogP contribution is 2.41. The van der Waals surface area contributed by atoms with E-state index in [-0.39, 0.29) is 33.6 Å². The Morgan fingerprint density at radius 3 is 2.60 bits per heavy atom. The molecule has 2 aromatic rings. The van der Waals surface area contributed by atoms with Crippen LogP contribution in [-0.2, 0) is 0 Å². The summed E-state index contributed by atoms with van der Waals surface area (Å²) in [6, 6.07) is 1.08. The first-order valence-electron chi connectivity index (χ1n) is 8.33. The monoisotopic (exact) mass is 367 g/mol. The number of fused-ring (bicyclic) bond motifs is 1. The van der Waals surface area contributed by atoms with Crippen LogP contribution in [0.3, 0.4) is 0 Å². The Labute approximate surface area is 147 Å². The number of anilines is 1. The summed E-state index contributed by atoms with van der Waals surface area (Å²) in [7, 11) is 0. The lowest BCUT2D eigenvalue weighted by molar-refractivity contribution is 0.597. The Balaban J connectivity index is 2.01. The van der Waals surface area contributed by atoms with Crippen LogP contribution in [0.1, 0.15) is 25.3 Å². The van der Waals surface area contributed by atoms with E-state index < -0.39 is 17.1 Å². The average Bonchev–Trinajstić information content (AvgIpc) is 3.31. The van der Waals surface area contributed by atoms with E-state index in [0.717, 1.165) is 25.3 Å². The number of nitrogen functional groups attached to an aromatic ring is 1. The number of hydrogen-bond acceptors (Lipinski definition) is 5. The molecule has 1 aromatic heterocycles. The van der Waals surface area contributed by atoms with Crippen LogP contribution in [0.4, 0.5) is 10.1 Å². The molecular formula is C16H19ClFN5O2. The molecule has 1 saturated carbocycles. The lowest BCUT2D eigenvalue weighted by Gasteiger charge is -2.23. The van der Waals surface area contributed by atoms with E-state index in [1.807, 2.05) is 4.90 Å². The van der Waals surface area contributed by atoms with Gasteiger partial charge in [-0.2, -0.15) is 4.68 Å². The van der Waals surface area contributed by atoms with Crippen LogP contribution in [0.15, 0.2) is 15.7 Å². The molecule has 1 saturated heterocycles. The van der Waals surface area contributed by atoms with Crippen LogP contribution in [0.5, 0.6) is 0 Å². The molecule has 9 heteroatoms. The van der Waals surface area contributed by atoms with Crippen LogP contribution in [0, 0.1) is 11.7 Å². The number of halogens is 2. The normalized spacial score (nSPS) is 20.6. The third-order valence-electron chi connectivity index (χ3n) is 5.12. The zero-order valence-electron chi connectivity index (χ0n) is 13.5. The second kappa shape index (κ2) is 5.74. The first-order chi connectivity index (χ1) is 11.9. The summed E-state index contributed by atoms with van der Waals surface area (Å²) < 4.78 is 16.7. The van der Waals surface area contributed by atoms with E-state index in [1.165, 1.54) is 4.57 Å². The van der Waals surface area contributed by atoms with Crippen molar-refractivity contribution in [1.29, 1.82) is 0 Å². The lowest BCUT2D eigenvalue weighted by Crippen LogP contribution is -2.44. The van der Waals surface area contributed by atoms with Gasteiger partial charge in [0.25, 0.3) is 5.56 Å². The fourth-order valence-corrected chi connectivity index (χ4v) is 4.02. The molecule has 1 atom stereocenters. The van der Waals surface area contributed by atoms with E-state index in [0.29, 0.717) is 24.3 Å². The van der Waals surface area contributed by atoms with Crippen molar-refractivity contribution in [3.05, 3.63) is 37.7 Å². The van der Waals surface area contributed by atoms with Crippen molar-refractivity contribution in [2.75, 3.05) is 30.4 Å². The second-order valence-corrected chi connectivity index (χ2v) is 7.19. The molecule has 2 heterocycles. The number of nitrogens with zero attached hydrogens (tertiary/aromatic N) is 3. The smallest absolute Gasteiger partial charge is 0.350 e. The van der Waals surface area contributed by atoms with Crippen molar-refractivity contribution in [2.24, 2.45) is 11.7 Å². The predicted octanol–water partition coefficient (Wildman–Crippen LogP) is 0.789.